The van der Waals surface area contributed by atoms with Gasteiger partial charge in [-0.2, -0.15) is 0 Å². The molecular weight excluding hydrogens is 394 g/mol. The minimum absolute atomic E-state index is 0.255. The third-order valence-electron chi connectivity index (χ3n) is 6.41. The molecule has 5 aromatic rings. The number of rotatable bonds is 2. The molecule has 3 nitrogen and oxygen atoms in total. The van der Waals surface area contributed by atoms with Crippen LogP contribution in [-0.4, -0.2) is 23.8 Å². The summed E-state index contributed by atoms with van der Waals surface area (Å²) in [6.45, 7) is 0. The highest BCUT2D eigenvalue weighted by molar-refractivity contribution is 6.27. The summed E-state index contributed by atoms with van der Waals surface area (Å²) in [6, 6.07) is 32.6. The highest BCUT2D eigenvalue weighted by Crippen LogP contribution is 2.40. The Bertz CT molecular complexity index is 1550. The topological polar surface area (TPSA) is 37.4 Å². The van der Waals surface area contributed by atoms with Crippen LogP contribution in [0, 0.1) is 0 Å². The molecule has 1 heterocycles. The molecule has 0 aromatic heterocycles. The first-order valence-electron chi connectivity index (χ1n) is 10.6. The van der Waals surface area contributed by atoms with Gasteiger partial charge in [-0.25, -0.2) is 0 Å². The van der Waals surface area contributed by atoms with Crippen LogP contribution in [0.25, 0.3) is 43.8 Å². The quantitative estimate of drug-likeness (QED) is 0.308. The number of amides is 2. The van der Waals surface area contributed by atoms with Gasteiger partial charge in [0.1, 0.15) is 0 Å². The van der Waals surface area contributed by atoms with Crippen molar-refractivity contribution in [2.45, 2.75) is 0 Å². The van der Waals surface area contributed by atoms with Crippen LogP contribution in [0.15, 0.2) is 97.1 Å². The Balaban J connectivity index is 1.67. The fraction of sp³-hybridized carbons (Fsp3) is 0.0345. The summed E-state index contributed by atoms with van der Waals surface area (Å²) in [4.78, 5) is 26.8. The summed E-state index contributed by atoms with van der Waals surface area (Å²) >= 11 is 0. The third kappa shape index (κ3) is 2.55. The summed E-state index contributed by atoms with van der Waals surface area (Å²) in [5.41, 5.74) is 5.61. The standard InChI is InChI=1S/C29H19NO2/c1-30-28(31)25-13-7-12-24-23(16-17-26(27(24)25)29(30)32)22-15-14-19(18-8-3-2-4-9-18)20-10-5-6-11-21(20)22/h2-17H,1H3. The van der Waals surface area contributed by atoms with E-state index in [-0.39, 0.29) is 11.8 Å². The Morgan fingerprint density at radius 3 is 1.69 bits per heavy atom. The molecule has 1 aliphatic rings. The summed E-state index contributed by atoms with van der Waals surface area (Å²) in [7, 11) is 1.54. The highest BCUT2D eigenvalue weighted by Gasteiger charge is 2.30. The monoisotopic (exact) mass is 413 g/mol. The lowest BCUT2D eigenvalue weighted by Crippen LogP contribution is -2.36. The van der Waals surface area contributed by atoms with E-state index in [9.17, 15) is 9.59 Å². The van der Waals surface area contributed by atoms with Gasteiger partial charge >= 0.3 is 0 Å². The van der Waals surface area contributed by atoms with E-state index in [1.807, 2.05) is 36.4 Å². The van der Waals surface area contributed by atoms with Gasteiger partial charge in [0, 0.05) is 23.6 Å². The van der Waals surface area contributed by atoms with Gasteiger partial charge in [0.25, 0.3) is 11.8 Å². The molecule has 0 spiro atoms. The molecule has 0 atom stereocenters. The number of imide groups is 1. The normalized spacial score (nSPS) is 13.2. The highest BCUT2D eigenvalue weighted by atomic mass is 16.2. The van der Waals surface area contributed by atoms with Crippen molar-refractivity contribution in [1.29, 1.82) is 0 Å². The zero-order chi connectivity index (χ0) is 21.8. The third-order valence-corrected chi connectivity index (χ3v) is 6.41. The van der Waals surface area contributed by atoms with Crippen molar-refractivity contribution in [3.8, 4) is 22.3 Å². The van der Waals surface area contributed by atoms with Crippen LogP contribution in [0.5, 0.6) is 0 Å². The zero-order valence-corrected chi connectivity index (χ0v) is 17.5. The van der Waals surface area contributed by atoms with Crippen LogP contribution in [0.3, 0.4) is 0 Å². The van der Waals surface area contributed by atoms with Crippen LogP contribution in [0.2, 0.25) is 0 Å². The number of benzene rings is 5. The van der Waals surface area contributed by atoms with E-state index in [2.05, 4.69) is 54.6 Å². The molecule has 0 saturated carbocycles. The molecule has 0 unspecified atom stereocenters. The van der Waals surface area contributed by atoms with Gasteiger partial charge in [-0.1, -0.05) is 84.9 Å². The number of nitrogens with zero attached hydrogens (tertiary/aromatic N) is 1. The number of carbonyl (C=O) groups excluding carboxylic acids is 2. The minimum atomic E-state index is -0.255. The molecule has 0 fully saturated rings. The summed E-state index contributed by atoms with van der Waals surface area (Å²) in [5.74, 6) is -0.510. The van der Waals surface area contributed by atoms with Gasteiger partial charge in [-0.15, -0.1) is 0 Å². The Morgan fingerprint density at radius 1 is 0.469 bits per heavy atom. The number of hydrogen-bond donors (Lipinski definition) is 0. The first kappa shape index (κ1) is 18.5. The van der Waals surface area contributed by atoms with Crippen LogP contribution in [-0.2, 0) is 0 Å². The van der Waals surface area contributed by atoms with Gasteiger partial charge < -0.3 is 0 Å². The van der Waals surface area contributed by atoms with Gasteiger partial charge in [0.2, 0.25) is 0 Å². The number of hydrogen-bond acceptors (Lipinski definition) is 2. The second kappa shape index (κ2) is 6.89. The predicted octanol–water partition coefficient (Wildman–Crippen LogP) is 6.55. The lowest BCUT2D eigenvalue weighted by molar-refractivity contribution is 0.0650. The summed E-state index contributed by atoms with van der Waals surface area (Å²) in [6.07, 6.45) is 0. The van der Waals surface area contributed by atoms with E-state index in [0.717, 1.165) is 27.3 Å². The van der Waals surface area contributed by atoms with Crippen LogP contribution >= 0.6 is 0 Å². The average Bonchev–Trinajstić information content (AvgIpc) is 2.85. The van der Waals surface area contributed by atoms with Crippen molar-refractivity contribution in [2.24, 2.45) is 0 Å². The Kier molecular flexibility index (Phi) is 3.99. The molecule has 0 bridgehead atoms. The van der Waals surface area contributed by atoms with Gasteiger partial charge in [0.15, 0.2) is 0 Å². The zero-order valence-electron chi connectivity index (χ0n) is 17.5. The van der Waals surface area contributed by atoms with E-state index in [4.69, 9.17) is 0 Å². The molecular formula is C29H19NO2. The van der Waals surface area contributed by atoms with Gasteiger partial charge in [-0.05, 0) is 50.5 Å². The number of carbonyl (C=O) groups is 2. The van der Waals surface area contributed by atoms with E-state index in [0.29, 0.717) is 11.1 Å². The van der Waals surface area contributed by atoms with Crippen molar-refractivity contribution in [3.05, 3.63) is 108 Å². The maximum Gasteiger partial charge on any atom is 0.261 e. The van der Waals surface area contributed by atoms with Crippen molar-refractivity contribution in [1.82, 2.24) is 4.90 Å². The summed E-state index contributed by atoms with van der Waals surface area (Å²) < 4.78 is 0. The molecule has 0 saturated heterocycles. The lowest BCUT2D eigenvalue weighted by Gasteiger charge is -2.25. The second-order valence-electron chi connectivity index (χ2n) is 8.13. The average molecular weight is 413 g/mol. The maximum atomic E-state index is 12.8. The van der Waals surface area contributed by atoms with Crippen molar-refractivity contribution < 1.29 is 9.59 Å². The second-order valence-corrected chi connectivity index (χ2v) is 8.13. The Morgan fingerprint density at radius 2 is 0.969 bits per heavy atom. The predicted molar refractivity (Wildman–Crippen MR) is 129 cm³/mol. The fourth-order valence-electron chi connectivity index (χ4n) is 4.85. The van der Waals surface area contributed by atoms with E-state index in [1.165, 1.54) is 28.5 Å². The first-order valence-corrected chi connectivity index (χ1v) is 10.6. The van der Waals surface area contributed by atoms with Crippen molar-refractivity contribution >= 4 is 33.4 Å². The summed E-state index contributed by atoms with van der Waals surface area (Å²) in [5, 5.41) is 3.98. The smallest absolute Gasteiger partial charge is 0.261 e. The van der Waals surface area contributed by atoms with Gasteiger partial charge in [-0.3, -0.25) is 14.5 Å². The lowest BCUT2D eigenvalue weighted by atomic mass is 9.86. The van der Waals surface area contributed by atoms with E-state index in [1.54, 1.807) is 6.07 Å². The molecule has 5 aromatic carbocycles. The minimum Gasteiger partial charge on any atom is -0.277 e. The molecule has 152 valence electrons. The fourth-order valence-corrected chi connectivity index (χ4v) is 4.85. The molecule has 32 heavy (non-hydrogen) atoms. The molecule has 1 aliphatic heterocycles. The first-order chi connectivity index (χ1) is 15.6. The largest absolute Gasteiger partial charge is 0.277 e. The van der Waals surface area contributed by atoms with E-state index >= 15 is 0 Å². The van der Waals surface area contributed by atoms with Gasteiger partial charge in [0.05, 0.1) is 0 Å². The van der Waals surface area contributed by atoms with E-state index < -0.39 is 0 Å². The Labute approximate surface area is 185 Å². The number of fused-ring (bicyclic) bond motifs is 1. The molecule has 0 N–H and O–H groups in total. The van der Waals surface area contributed by atoms with Crippen LogP contribution in [0.4, 0.5) is 0 Å². The van der Waals surface area contributed by atoms with Crippen LogP contribution in [0.1, 0.15) is 20.7 Å². The van der Waals surface area contributed by atoms with Crippen LogP contribution < -0.4 is 0 Å². The maximum absolute atomic E-state index is 12.8. The van der Waals surface area contributed by atoms with Crippen molar-refractivity contribution in [2.75, 3.05) is 7.05 Å². The van der Waals surface area contributed by atoms with Crippen molar-refractivity contribution in [3.63, 3.8) is 0 Å². The molecule has 6 rings (SSSR count). The molecule has 0 radical (unpaired) electrons. The molecule has 0 aliphatic carbocycles. The SMILES string of the molecule is CN1C(=O)c2cccc3c(-c4ccc(-c5ccccc5)c5ccccc45)ccc(c23)C1=O. The Hall–Kier alpha value is -4.24. The molecule has 3 heteroatoms. The molecule has 2 amide bonds.